The van der Waals surface area contributed by atoms with Crippen molar-refractivity contribution in [2.24, 2.45) is 0 Å². The molecule has 7 nitrogen and oxygen atoms in total. The molecule has 0 amide bonds. The molecule has 3 rings (SSSR count). The molecule has 2 atom stereocenters. The highest BCUT2D eigenvalue weighted by molar-refractivity contribution is 5.79. The minimum atomic E-state index is -1.14. The Bertz CT molecular complexity index is 898. The molecule has 0 unspecified atom stereocenters. The molecule has 132 valence electrons. The zero-order valence-corrected chi connectivity index (χ0v) is 14.2. The van der Waals surface area contributed by atoms with Crippen LogP contribution in [0.3, 0.4) is 0 Å². The van der Waals surface area contributed by atoms with Gasteiger partial charge in [0.05, 0.1) is 0 Å². The molecule has 2 aromatic rings. The van der Waals surface area contributed by atoms with E-state index in [1.807, 2.05) is 6.07 Å². The summed E-state index contributed by atoms with van der Waals surface area (Å²) < 4.78 is 21.5. The van der Waals surface area contributed by atoms with E-state index in [0.717, 1.165) is 10.9 Å². The first-order chi connectivity index (χ1) is 11.8. The molecule has 0 saturated carbocycles. The summed E-state index contributed by atoms with van der Waals surface area (Å²) in [5.74, 6) is -0.417. The van der Waals surface area contributed by atoms with Crippen LogP contribution in [0.1, 0.15) is 26.3 Å². The molecule has 0 radical (unpaired) electrons. The fourth-order valence-electron chi connectivity index (χ4n) is 2.91. The number of fused-ring (bicyclic) bond motifs is 2. The van der Waals surface area contributed by atoms with Gasteiger partial charge in [-0.3, -0.25) is 9.59 Å². The summed E-state index contributed by atoms with van der Waals surface area (Å²) in [4.78, 5) is 34.0. The molecule has 0 spiro atoms. The average Bonchev–Trinajstić information content (AvgIpc) is 2.93. The van der Waals surface area contributed by atoms with Gasteiger partial charge >= 0.3 is 17.6 Å². The molecule has 0 aliphatic carbocycles. The predicted molar refractivity (Wildman–Crippen MR) is 87.4 cm³/mol. The highest BCUT2D eigenvalue weighted by Crippen LogP contribution is 2.37. The number of benzene rings is 1. The summed E-state index contributed by atoms with van der Waals surface area (Å²) in [6.07, 6.45) is -0.0654. The van der Waals surface area contributed by atoms with Crippen LogP contribution < -0.4 is 10.4 Å². The van der Waals surface area contributed by atoms with E-state index in [9.17, 15) is 14.4 Å². The van der Waals surface area contributed by atoms with E-state index in [4.69, 9.17) is 18.6 Å². The predicted octanol–water partition coefficient (Wildman–Crippen LogP) is 1.98. The first-order valence-electron chi connectivity index (χ1n) is 7.83. The number of rotatable bonds is 4. The topological polar surface area (TPSA) is 92.0 Å². The number of carbonyl (C=O) groups is 2. The highest BCUT2D eigenvalue weighted by Gasteiger charge is 2.44. The molecule has 1 aromatic carbocycles. The van der Waals surface area contributed by atoms with Crippen LogP contribution in [0.25, 0.3) is 11.0 Å². The van der Waals surface area contributed by atoms with E-state index in [2.05, 4.69) is 0 Å². The van der Waals surface area contributed by atoms with Gasteiger partial charge in [0.1, 0.15) is 24.0 Å². The van der Waals surface area contributed by atoms with E-state index in [1.54, 1.807) is 19.1 Å². The molecule has 1 aliphatic rings. The SMILES string of the molecule is CC(=O)OC[C@](C)(OC(C)=O)[C@@H]1Cc2cc3ccc(=O)oc3cc2O1. The van der Waals surface area contributed by atoms with Crippen molar-refractivity contribution in [1.82, 2.24) is 0 Å². The standard InChI is InChI=1S/C18H18O7/c1-10(19)22-9-18(3,25-11(2)20)16-7-13-6-12-4-5-17(21)24-14(12)8-15(13)23-16/h4-6,8,16H,7,9H2,1-3H3/t16-,18-/m0/s1. The van der Waals surface area contributed by atoms with Crippen LogP contribution in [0.5, 0.6) is 5.75 Å². The first kappa shape index (κ1) is 17.0. The molecule has 7 heteroatoms. The Morgan fingerprint density at radius 3 is 2.68 bits per heavy atom. The van der Waals surface area contributed by atoms with Gasteiger partial charge in [-0.25, -0.2) is 4.79 Å². The first-order valence-corrected chi connectivity index (χ1v) is 7.83. The Morgan fingerprint density at radius 2 is 2.00 bits per heavy atom. The molecule has 0 saturated heterocycles. The molecule has 1 aliphatic heterocycles. The summed E-state index contributed by atoms with van der Waals surface area (Å²) in [6.45, 7) is 4.12. The van der Waals surface area contributed by atoms with Crippen LogP contribution in [-0.2, 0) is 25.5 Å². The van der Waals surface area contributed by atoms with Crippen LogP contribution in [0.4, 0.5) is 0 Å². The van der Waals surface area contributed by atoms with E-state index in [0.29, 0.717) is 17.8 Å². The Hall–Kier alpha value is -2.83. The van der Waals surface area contributed by atoms with Crippen molar-refractivity contribution in [3.8, 4) is 5.75 Å². The normalized spacial score (nSPS) is 18.1. The number of hydrogen-bond donors (Lipinski definition) is 0. The summed E-state index contributed by atoms with van der Waals surface area (Å²) in [5, 5.41) is 0.775. The fraction of sp³-hybridized carbons (Fsp3) is 0.389. The van der Waals surface area contributed by atoms with Crippen LogP contribution in [0.2, 0.25) is 0 Å². The van der Waals surface area contributed by atoms with Crippen molar-refractivity contribution < 1.29 is 28.2 Å². The number of carbonyl (C=O) groups excluding carboxylic acids is 2. The lowest BCUT2D eigenvalue weighted by atomic mass is 9.95. The maximum Gasteiger partial charge on any atom is 0.336 e. The van der Waals surface area contributed by atoms with Crippen molar-refractivity contribution >= 4 is 22.9 Å². The van der Waals surface area contributed by atoms with Gasteiger partial charge in [-0.1, -0.05) is 0 Å². The van der Waals surface area contributed by atoms with Crippen LogP contribution in [-0.4, -0.2) is 30.3 Å². The number of ether oxygens (including phenoxy) is 3. The van der Waals surface area contributed by atoms with Gasteiger partial charge in [0.15, 0.2) is 5.60 Å². The second kappa shape index (κ2) is 6.23. The second-order valence-corrected chi connectivity index (χ2v) is 6.25. The van der Waals surface area contributed by atoms with Gasteiger partial charge < -0.3 is 18.6 Å². The molecular formula is C18H18O7. The number of hydrogen-bond acceptors (Lipinski definition) is 7. The molecule has 0 fully saturated rings. The maximum absolute atomic E-state index is 11.5. The lowest BCUT2D eigenvalue weighted by molar-refractivity contribution is -0.179. The van der Waals surface area contributed by atoms with Crippen molar-refractivity contribution in [1.29, 1.82) is 0 Å². The van der Waals surface area contributed by atoms with Crippen LogP contribution >= 0.6 is 0 Å². The summed E-state index contributed by atoms with van der Waals surface area (Å²) in [7, 11) is 0. The minimum Gasteiger partial charge on any atom is -0.485 e. The zero-order chi connectivity index (χ0) is 18.2. The van der Waals surface area contributed by atoms with Gasteiger partial charge in [0.2, 0.25) is 0 Å². The number of esters is 2. The van der Waals surface area contributed by atoms with Gasteiger partial charge in [0, 0.05) is 37.8 Å². The highest BCUT2D eigenvalue weighted by atomic mass is 16.6. The lowest BCUT2D eigenvalue weighted by Gasteiger charge is -2.33. The molecule has 25 heavy (non-hydrogen) atoms. The van der Waals surface area contributed by atoms with Crippen molar-refractivity contribution in [2.45, 2.75) is 38.9 Å². The van der Waals surface area contributed by atoms with E-state index in [-0.39, 0.29) is 6.61 Å². The van der Waals surface area contributed by atoms with Crippen LogP contribution in [0, 0.1) is 0 Å². The summed E-state index contributed by atoms with van der Waals surface area (Å²) in [6, 6.07) is 6.55. The van der Waals surface area contributed by atoms with Gasteiger partial charge in [-0.05, 0) is 24.6 Å². The Labute approximate surface area is 143 Å². The quantitative estimate of drug-likeness (QED) is 0.617. The molecule has 0 N–H and O–H groups in total. The van der Waals surface area contributed by atoms with E-state index in [1.165, 1.54) is 19.9 Å². The molecule has 1 aromatic heterocycles. The van der Waals surface area contributed by atoms with E-state index >= 15 is 0 Å². The summed E-state index contributed by atoms with van der Waals surface area (Å²) >= 11 is 0. The third kappa shape index (κ3) is 3.50. The Balaban J connectivity index is 1.91. The smallest absolute Gasteiger partial charge is 0.336 e. The van der Waals surface area contributed by atoms with Gasteiger partial charge in [0.25, 0.3) is 0 Å². The van der Waals surface area contributed by atoms with Gasteiger partial charge in [-0.15, -0.1) is 0 Å². The van der Waals surface area contributed by atoms with Crippen LogP contribution in [0.15, 0.2) is 33.5 Å². The Morgan fingerprint density at radius 1 is 1.24 bits per heavy atom. The second-order valence-electron chi connectivity index (χ2n) is 6.25. The van der Waals surface area contributed by atoms with E-state index < -0.39 is 29.3 Å². The lowest BCUT2D eigenvalue weighted by Crippen LogP contribution is -2.50. The van der Waals surface area contributed by atoms with Gasteiger partial charge in [-0.2, -0.15) is 0 Å². The third-order valence-electron chi connectivity index (χ3n) is 4.10. The fourth-order valence-corrected chi connectivity index (χ4v) is 2.91. The molecular weight excluding hydrogens is 328 g/mol. The average molecular weight is 346 g/mol. The largest absolute Gasteiger partial charge is 0.485 e. The molecule has 2 heterocycles. The van der Waals surface area contributed by atoms with Crippen molar-refractivity contribution in [2.75, 3.05) is 6.61 Å². The van der Waals surface area contributed by atoms with Crippen molar-refractivity contribution in [3.63, 3.8) is 0 Å². The van der Waals surface area contributed by atoms with Crippen molar-refractivity contribution in [3.05, 3.63) is 40.2 Å². The minimum absolute atomic E-state index is 0.116. The third-order valence-corrected chi connectivity index (χ3v) is 4.10. The zero-order valence-electron chi connectivity index (χ0n) is 14.2. The Kier molecular flexibility index (Phi) is 4.24. The summed E-state index contributed by atoms with van der Waals surface area (Å²) in [5.41, 5.74) is -0.265. The maximum atomic E-state index is 11.5. The molecule has 0 bridgehead atoms. The monoisotopic (exact) mass is 346 g/mol.